The van der Waals surface area contributed by atoms with Gasteiger partial charge in [0.25, 0.3) is 0 Å². The topological polar surface area (TPSA) is 133 Å². The van der Waals surface area contributed by atoms with Gasteiger partial charge in [-0.25, -0.2) is 26.3 Å². The van der Waals surface area contributed by atoms with Gasteiger partial charge < -0.3 is 14.7 Å². The molecule has 2 unspecified atom stereocenters. The molecule has 0 spiro atoms. The average molecular weight is 667 g/mol. The molecule has 47 heavy (non-hydrogen) atoms. The molecule has 8 rings (SSSR count). The van der Waals surface area contributed by atoms with Crippen LogP contribution >= 0.6 is 0 Å². The summed E-state index contributed by atoms with van der Waals surface area (Å²) in [6.45, 7) is 0. The van der Waals surface area contributed by atoms with Gasteiger partial charge in [0.15, 0.2) is 0 Å². The molecule has 0 amide bonds. The van der Waals surface area contributed by atoms with E-state index >= 15 is 0 Å². The van der Waals surface area contributed by atoms with Gasteiger partial charge in [-0.05, 0) is 110 Å². The fraction of sp³-hybridized carbons (Fsp3) is 0.222. The van der Waals surface area contributed by atoms with E-state index in [0.717, 1.165) is 34.6 Å². The average Bonchev–Trinajstić information content (AvgIpc) is 3.63. The maximum absolute atomic E-state index is 13.2. The summed E-state index contributed by atoms with van der Waals surface area (Å²) in [6.07, 6.45) is 4.26. The van der Waals surface area contributed by atoms with E-state index in [-0.39, 0.29) is 21.9 Å². The second kappa shape index (κ2) is 11.7. The predicted molar refractivity (Wildman–Crippen MR) is 182 cm³/mol. The van der Waals surface area contributed by atoms with Crippen molar-refractivity contribution in [2.24, 2.45) is 0 Å². The number of rotatable bonds is 8. The lowest BCUT2D eigenvalue weighted by Gasteiger charge is -2.23. The third kappa shape index (κ3) is 5.84. The maximum Gasteiger partial charge on any atom is 0.240 e. The minimum absolute atomic E-state index is 0.157. The predicted octanol–water partition coefficient (Wildman–Crippen LogP) is 6.11. The van der Waals surface area contributed by atoms with E-state index in [4.69, 9.17) is 4.74 Å². The largest absolute Gasteiger partial charge is 0.457 e. The van der Waals surface area contributed by atoms with E-state index in [2.05, 4.69) is 31.5 Å². The molecule has 6 aromatic rings. The van der Waals surface area contributed by atoms with E-state index in [0.29, 0.717) is 37.2 Å². The van der Waals surface area contributed by atoms with E-state index < -0.39 is 20.0 Å². The normalized spacial score (nSPS) is 18.2. The molecule has 2 aliphatic rings. The summed E-state index contributed by atoms with van der Waals surface area (Å²) in [6, 6.07) is 28.3. The number of para-hydroxylation sites is 2. The summed E-state index contributed by atoms with van der Waals surface area (Å²) in [5, 5.41) is 2.28. The van der Waals surface area contributed by atoms with Crippen molar-refractivity contribution in [3.8, 4) is 11.5 Å². The Kier molecular flexibility index (Phi) is 7.44. The molecule has 0 saturated carbocycles. The number of fused-ring (bicyclic) bond motifs is 6. The Morgan fingerprint density at radius 3 is 1.38 bits per heavy atom. The van der Waals surface area contributed by atoms with E-state index in [1.807, 2.05) is 36.4 Å². The van der Waals surface area contributed by atoms with Crippen LogP contribution in [0.2, 0.25) is 0 Å². The van der Waals surface area contributed by atoms with Gasteiger partial charge in [-0.3, -0.25) is 0 Å². The van der Waals surface area contributed by atoms with Crippen LogP contribution in [0.1, 0.15) is 35.4 Å². The highest BCUT2D eigenvalue weighted by molar-refractivity contribution is 7.89. The Morgan fingerprint density at radius 1 is 0.553 bits per heavy atom. The van der Waals surface area contributed by atoms with Crippen molar-refractivity contribution in [3.05, 3.63) is 120 Å². The molecule has 0 radical (unpaired) electrons. The zero-order valence-electron chi connectivity index (χ0n) is 25.5. The van der Waals surface area contributed by atoms with E-state index in [1.54, 1.807) is 24.3 Å². The van der Waals surface area contributed by atoms with Crippen LogP contribution in [0, 0.1) is 0 Å². The lowest BCUT2D eigenvalue weighted by atomic mass is 9.92. The Balaban J connectivity index is 0.895. The molecule has 240 valence electrons. The second-order valence-corrected chi connectivity index (χ2v) is 15.9. The molecule has 9 nitrogen and oxygen atoms in total. The Morgan fingerprint density at radius 2 is 0.957 bits per heavy atom. The van der Waals surface area contributed by atoms with Crippen molar-refractivity contribution in [1.82, 2.24) is 19.4 Å². The van der Waals surface area contributed by atoms with Crippen LogP contribution in [0.25, 0.3) is 21.8 Å². The van der Waals surface area contributed by atoms with E-state index in [9.17, 15) is 16.8 Å². The first-order chi connectivity index (χ1) is 22.7. The summed E-state index contributed by atoms with van der Waals surface area (Å²) in [7, 11) is -7.48. The number of benzene rings is 4. The van der Waals surface area contributed by atoms with Gasteiger partial charge in [0.1, 0.15) is 11.5 Å². The highest BCUT2D eigenvalue weighted by atomic mass is 32.2. The van der Waals surface area contributed by atoms with Crippen molar-refractivity contribution in [3.63, 3.8) is 0 Å². The summed E-state index contributed by atoms with van der Waals surface area (Å²) < 4.78 is 64.7. The second-order valence-electron chi connectivity index (χ2n) is 12.4. The molecular formula is C36H34N4O5S2. The van der Waals surface area contributed by atoms with Crippen molar-refractivity contribution in [2.45, 2.75) is 60.4 Å². The van der Waals surface area contributed by atoms with Gasteiger partial charge in [-0.15, -0.1) is 0 Å². The summed E-state index contributed by atoms with van der Waals surface area (Å²) in [4.78, 5) is 7.25. The number of aromatic nitrogens is 2. The third-order valence-corrected chi connectivity index (χ3v) is 12.4. The van der Waals surface area contributed by atoms with Crippen molar-refractivity contribution in [2.75, 3.05) is 0 Å². The highest BCUT2D eigenvalue weighted by Gasteiger charge is 2.28. The van der Waals surface area contributed by atoms with Gasteiger partial charge in [0.05, 0.1) is 9.79 Å². The molecule has 0 saturated heterocycles. The zero-order chi connectivity index (χ0) is 32.2. The SMILES string of the molecule is O=S(=O)(NC1CCc2[nH]c3ccccc3c2C1)c1ccc(Oc2ccc(S(=O)(=O)NC3CCc4[nH]c5ccccc5c4C3)cc2)cc1. The molecule has 2 aliphatic carbocycles. The first-order valence-electron chi connectivity index (χ1n) is 15.8. The molecule has 2 heterocycles. The first-order valence-corrected chi connectivity index (χ1v) is 18.8. The van der Waals surface area contributed by atoms with Gasteiger partial charge in [0.2, 0.25) is 20.0 Å². The number of nitrogens with one attached hydrogen (secondary N) is 4. The standard InChI is InChI=1S/C36H34N4O5S2/c41-46(42,39-23-9-19-35-31(21-23)29-5-1-3-7-33(29)37-35)27-15-11-25(12-16-27)45-26-13-17-28(18-14-26)47(43,44)40-24-10-20-36-32(22-24)30-6-2-4-8-34(30)38-36/h1-8,11-18,23-24,37-40H,9-10,19-22H2. The third-order valence-electron chi connectivity index (χ3n) is 9.34. The van der Waals surface area contributed by atoms with Gasteiger partial charge in [-0.2, -0.15) is 0 Å². The molecule has 4 N–H and O–H groups in total. The molecule has 0 aliphatic heterocycles. The summed E-state index contributed by atoms with van der Waals surface area (Å²) >= 11 is 0. The highest BCUT2D eigenvalue weighted by Crippen LogP contribution is 2.32. The number of hydrogen-bond acceptors (Lipinski definition) is 5. The maximum atomic E-state index is 13.2. The van der Waals surface area contributed by atoms with Crippen LogP contribution in [0.4, 0.5) is 0 Å². The number of sulfonamides is 2. The van der Waals surface area contributed by atoms with Crippen molar-refractivity contribution >= 4 is 41.9 Å². The van der Waals surface area contributed by atoms with E-state index in [1.165, 1.54) is 46.8 Å². The lowest BCUT2D eigenvalue weighted by molar-refractivity contribution is 0.481. The van der Waals surface area contributed by atoms with Crippen LogP contribution in [0.15, 0.2) is 107 Å². The number of hydrogen-bond donors (Lipinski definition) is 4. The Labute approximate surface area is 273 Å². The molecule has 2 atom stereocenters. The van der Waals surface area contributed by atoms with Gasteiger partial charge in [0, 0.05) is 45.3 Å². The molecule has 0 fully saturated rings. The minimum atomic E-state index is -3.74. The fourth-order valence-corrected chi connectivity index (χ4v) is 9.57. The van der Waals surface area contributed by atoms with Crippen LogP contribution in [-0.2, 0) is 45.7 Å². The Hall–Kier alpha value is -4.42. The first kappa shape index (κ1) is 29.9. The monoisotopic (exact) mass is 666 g/mol. The number of aryl methyl sites for hydroxylation is 2. The molecule has 2 aromatic heterocycles. The van der Waals surface area contributed by atoms with Crippen LogP contribution in [0.5, 0.6) is 11.5 Å². The van der Waals surface area contributed by atoms with Gasteiger partial charge in [-0.1, -0.05) is 36.4 Å². The zero-order valence-corrected chi connectivity index (χ0v) is 27.1. The number of ether oxygens (including phenoxy) is 1. The smallest absolute Gasteiger partial charge is 0.240 e. The summed E-state index contributed by atoms with van der Waals surface area (Å²) in [5.74, 6) is 0.881. The van der Waals surface area contributed by atoms with Crippen LogP contribution in [-0.4, -0.2) is 38.9 Å². The van der Waals surface area contributed by atoms with Crippen LogP contribution in [0.3, 0.4) is 0 Å². The minimum Gasteiger partial charge on any atom is -0.457 e. The van der Waals surface area contributed by atoms with Crippen LogP contribution < -0.4 is 14.2 Å². The molecular weight excluding hydrogens is 633 g/mol. The number of aromatic amines is 2. The number of H-pyrrole nitrogens is 2. The van der Waals surface area contributed by atoms with Crippen molar-refractivity contribution < 1.29 is 21.6 Å². The van der Waals surface area contributed by atoms with Gasteiger partial charge >= 0.3 is 0 Å². The molecule has 0 bridgehead atoms. The molecule has 4 aromatic carbocycles. The molecule has 11 heteroatoms. The summed E-state index contributed by atoms with van der Waals surface area (Å²) in [5.41, 5.74) is 6.87. The fourth-order valence-electron chi connectivity index (χ4n) is 7.02. The Bertz CT molecular complexity index is 2160. The lowest BCUT2D eigenvalue weighted by Crippen LogP contribution is -2.38. The quantitative estimate of drug-likeness (QED) is 0.156. The van der Waals surface area contributed by atoms with Crippen molar-refractivity contribution in [1.29, 1.82) is 0 Å².